The van der Waals surface area contributed by atoms with E-state index in [2.05, 4.69) is 22.3 Å². The van der Waals surface area contributed by atoms with Gasteiger partial charge in [-0.3, -0.25) is 4.79 Å². The molecule has 29 heavy (non-hydrogen) atoms. The predicted molar refractivity (Wildman–Crippen MR) is 115 cm³/mol. The highest BCUT2D eigenvalue weighted by Gasteiger charge is 2.22. The minimum Gasteiger partial charge on any atom is -0.484 e. The topological polar surface area (TPSA) is 57.0 Å². The normalized spacial score (nSPS) is 13.9. The lowest BCUT2D eigenvalue weighted by molar-refractivity contribution is 0.0993. The molecular weight excluding hydrogens is 406 g/mol. The van der Waals surface area contributed by atoms with Crippen LogP contribution in [0.3, 0.4) is 0 Å². The molecule has 4 rings (SSSR count). The molecule has 150 valence electrons. The molecule has 1 heterocycles. The molecule has 0 radical (unpaired) electrons. The first-order valence-electron chi connectivity index (χ1n) is 9.61. The molecular formula is C22H22ClN3O2S. The van der Waals surface area contributed by atoms with Gasteiger partial charge in [0.1, 0.15) is 12.4 Å². The lowest BCUT2D eigenvalue weighted by Gasteiger charge is -2.11. The Hall–Kier alpha value is -2.31. The van der Waals surface area contributed by atoms with Crippen LogP contribution in [0, 0.1) is 0 Å². The molecule has 3 aromatic rings. The van der Waals surface area contributed by atoms with Gasteiger partial charge >= 0.3 is 0 Å². The highest BCUT2D eigenvalue weighted by atomic mass is 35.5. The molecule has 1 aliphatic carbocycles. The summed E-state index contributed by atoms with van der Waals surface area (Å²) >= 11 is 7.53. The van der Waals surface area contributed by atoms with Crippen molar-refractivity contribution in [3.05, 3.63) is 70.0 Å². The number of nitrogens with zero attached hydrogens (tertiary/aromatic N) is 3. The van der Waals surface area contributed by atoms with Crippen molar-refractivity contribution in [2.45, 2.75) is 43.2 Å². The number of para-hydroxylation sites is 1. The van der Waals surface area contributed by atoms with Crippen LogP contribution in [0.4, 0.5) is 0 Å². The van der Waals surface area contributed by atoms with Gasteiger partial charge in [0, 0.05) is 12.6 Å². The zero-order chi connectivity index (χ0) is 20.4. The number of halogens is 1. The van der Waals surface area contributed by atoms with Crippen molar-refractivity contribution in [1.82, 2.24) is 14.8 Å². The molecule has 1 aliphatic rings. The van der Waals surface area contributed by atoms with E-state index in [4.69, 9.17) is 16.3 Å². The molecule has 2 aromatic carbocycles. The second-order valence-corrected chi connectivity index (χ2v) is 8.85. The molecule has 0 aliphatic heterocycles. The van der Waals surface area contributed by atoms with Crippen LogP contribution in [0.25, 0.3) is 0 Å². The quantitative estimate of drug-likeness (QED) is 0.396. The third-order valence-corrected chi connectivity index (χ3v) is 6.60. The van der Waals surface area contributed by atoms with Gasteiger partial charge in [0.25, 0.3) is 0 Å². The fourth-order valence-corrected chi connectivity index (χ4v) is 4.55. The van der Waals surface area contributed by atoms with Crippen LogP contribution in [0.1, 0.15) is 40.7 Å². The Morgan fingerprint density at radius 2 is 2.00 bits per heavy atom. The molecule has 0 amide bonds. The van der Waals surface area contributed by atoms with Crippen molar-refractivity contribution in [3.8, 4) is 5.75 Å². The van der Waals surface area contributed by atoms with Crippen molar-refractivity contribution in [3.63, 3.8) is 0 Å². The van der Waals surface area contributed by atoms with E-state index in [0.29, 0.717) is 21.8 Å². The maximum Gasteiger partial charge on any atom is 0.191 e. The number of thioether (sulfide) groups is 1. The second kappa shape index (κ2) is 8.59. The molecule has 0 spiro atoms. The van der Waals surface area contributed by atoms with Gasteiger partial charge in [-0.1, -0.05) is 47.6 Å². The smallest absolute Gasteiger partial charge is 0.191 e. The molecule has 7 heteroatoms. The molecule has 0 saturated carbocycles. The minimum atomic E-state index is -0.255. The summed E-state index contributed by atoms with van der Waals surface area (Å²) in [4.78, 5) is 12.9. The highest BCUT2D eigenvalue weighted by molar-refractivity contribution is 8.00. The number of carbonyl (C=O) groups is 1. The first-order chi connectivity index (χ1) is 14.0. The van der Waals surface area contributed by atoms with Gasteiger partial charge in [0.05, 0.1) is 10.3 Å². The van der Waals surface area contributed by atoms with E-state index in [1.165, 1.54) is 29.3 Å². The van der Waals surface area contributed by atoms with Crippen LogP contribution < -0.4 is 4.74 Å². The summed E-state index contributed by atoms with van der Waals surface area (Å²) < 4.78 is 7.61. The number of carbonyl (C=O) groups excluding carboxylic acids is 1. The van der Waals surface area contributed by atoms with E-state index < -0.39 is 0 Å². The second-order valence-electron chi connectivity index (χ2n) is 7.14. The molecule has 0 fully saturated rings. The number of benzene rings is 2. The van der Waals surface area contributed by atoms with Crippen molar-refractivity contribution < 1.29 is 9.53 Å². The lowest BCUT2D eigenvalue weighted by Crippen LogP contribution is -2.15. The van der Waals surface area contributed by atoms with Gasteiger partial charge in [-0.05, 0) is 55.5 Å². The first-order valence-corrected chi connectivity index (χ1v) is 10.9. The fourth-order valence-electron chi connectivity index (χ4n) is 3.45. The van der Waals surface area contributed by atoms with E-state index in [1.54, 1.807) is 6.07 Å². The summed E-state index contributed by atoms with van der Waals surface area (Å²) in [5, 5.41) is 9.42. The van der Waals surface area contributed by atoms with E-state index in [1.807, 2.05) is 42.8 Å². The molecule has 0 N–H and O–H groups in total. The minimum absolute atomic E-state index is 0.113. The summed E-state index contributed by atoms with van der Waals surface area (Å²) in [6, 6.07) is 13.4. The van der Waals surface area contributed by atoms with Crippen molar-refractivity contribution in [1.29, 1.82) is 0 Å². The van der Waals surface area contributed by atoms with Gasteiger partial charge in [0.2, 0.25) is 0 Å². The SMILES string of the molecule is CC(Sc1nnc(COc2ccccc2Cl)n1C)C(=O)c1ccc2c(c1)CCC2. The zero-order valence-electron chi connectivity index (χ0n) is 16.4. The van der Waals surface area contributed by atoms with Crippen LogP contribution in [0.2, 0.25) is 5.02 Å². The van der Waals surface area contributed by atoms with Gasteiger partial charge in [-0.2, -0.15) is 0 Å². The molecule has 1 unspecified atom stereocenters. The third kappa shape index (κ3) is 4.33. The first kappa shape index (κ1) is 20.0. The van der Waals surface area contributed by atoms with Crippen LogP contribution in [0.5, 0.6) is 5.75 Å². The van der Waals surface area contributed by atoms with Crippen LogP contribution in [-0.4, -0.2) is 25.8 Å². The average molecular weight is 428 g/mol. The van der Waals surface area contributed by atoms with E-state index in [0.717, 1.165) is 18.4 Å². The average Bonchev–Trinajstić information content (AvgIpc) is 3.33. The van der Waals surface area contributed by atoms with Gasteiger partial charge in [-0.15, -0.1) is 10.2 Å². The van der Waals surface area contributed by atoms with Crippen LogP contribution >= 0.6 is 23.4 Å². The summed E-state index contributed by atoms with van der Waals surface area (Å²) in [6.45, 7) is 2.16. The van der Waals surface area contributed by atoms with Crippen LogP contribution in [0.15, 0.2) is 47.6 Å². The maximum atomic E-state index is 12.9. The maximum absolute atomic E-state index is 12.9. The Morgan fingerprint density at radius 1 is 1.21 bits per heavy atom. The van der Waals surface area contributed by atoms with Gasteiger partial charge in [-0.25, -0.2) is 0 Å². The summed E-state index contributed by atoms with van der Waals surface area (Å²) in [6.07, 6.45) is 3.36. The standard InChI is InChI=1S/C22H22ClN3O2S/c1-14(21(27)17-11-10-15-6-5-7-16(15)12-17)29-22-25-24-20(26(22)2)13-28-19-9-4-3-8-18(19)23/h3-4,8-12,14H,5-7,13H2,1-2H3. The number of rotatable bonds is 7. The van der Waals surface area contributed by atoms with Crippen LogP contribution in [-0.2, 0) is 26.5 Å². The number of hydrogen-bond acceptors (Lipinski definition) is 5. The number of hydrogen-bond donors (Lipinski definition) is 0. The van der Waals surface area contributed by atoms with E-state index >= 15 is 0 Å². The van der Waals surface area contributed by atoms with Crippen molar-refractivity contribution in [2.24, 2.45) is 7.05 Å². The Morgan fingerprint density at radius 3 is 2.83 bits per heavy atom. The summed E-state index contributed by atoms with van der Waals surface area (Å²) in [5.74, 6) is 1.39. The largest absolute Gasteiger partial charge is 0.484 e. The predicted octanol–water partition coefficient (Wildman–Crippen LogP) is 4.90. The van der Waals surface area contributed by atoms with Crippen molar-refractivity contribution in [2.75, 3.05) is 0 Å². The number of aryl methyl sites for hydroxylation is 2. The van der Waals surface area contributed by atoms with E-state index in [9.17, 15) is 4.79 Å². The van der Waals surface area contributed by atoms with Gasteiger partial charge in [0.15, 0.2) is 16.8 Å². The molecule has 1 atom stereocenters. The fraction of sp³-hybridized carbons (Fsp3) is 0.318. The van der Waals surface area contributed by atoms with Crippen molar-refractivity contribution >= 4 is 29.1 Å². The monoisotopic (exact) mass is 427 g/mol. The Balaban J connectivity index is 1.41. The number of Topliss-reactive ketones (excluding diaryl/α,β-unsaturated/α-hetero) is 1. The summed E-state index contributed by atoms with van der Waals surface area (Å²) in [7, 11) is 1.88. The molecule has 1 aromatic heterocycles. The molecule has 0 saturated heterocycles. The molecule has 5 nitrogen and oxygen atoms in total. The van der Waals surface area contributed by atoms with E-state index in [-0.39, 0.29) is 17.6 Å². The molecule has 0 bridgehead atoms. The zero-order valence-corrected chi connectivity index (χ0v) is 18.0. The lowest BCUT2D eigenvalue weighted by atomic mass is 10.0. The number of ether oxygens (including phenoxy) is 1. The third-order valence-electron chi connectivity index (χ3n) is 5.15. The Labute approximate surface area is 179 Å². The highest BCUT2D eigenvalue weighted by Crippen LogP contribution is 2.28. The Bertz CT molecular complexity index is 1050. The summed E-state index contributed by atoms with van der Waals surface area (Å²) in [5.41, 5.74) is 3.46. The Kier molecular flexibility index (Phi) is 5.92. The van der Waals surface area contributed by atoms with Gasteiger partial charge < -0.3 is 9.30 Å². The number of aromatic nitrogens is 3. The number of ketones is 1. The number of fused-ring (bicyclic) bond motifs is 1.